The second-order valence-electron chi connectivity index (χ2n) is 6.96. The van der Waals surface area contributed by atoms with Crippen LogP contribution in [0.4, 0.5) is 0 Å². The number of halogens is 1. The van der Waals surface area contributed by atoms with Crippen molar-refractivity contribution in [2.24, 2.45) is 0 Å². The SMILES string of the molecule is Cc1c(C=O)c[nH]c1-c1ccccc1.Cc1c(C=O)cn(S(=O)(=O)c2ccccc2)c1Br. The Bertz CT molecular complexity index is 1340. The van der Waals surface area contributed by atoms with E-state index in [9.17, 15) is 18.0 Å². The van der Waals surface area contributed by atoms with Crippen LogP contribution >= 0.6 is 15.9 Å². The Balaban J connectivity index is 0.000000186. The molecule has 0 atom stereocenters. The molecule has 0 saturated carbocycles. The molecule has 8 heteroatoms. The molecular weight excluding hydrogens is 492 g/mol. The summed E-state index contributed by atoms with van der Waals surface area (Å²) in [5.41, 5.74) is 4.81. The van der Waals surface area contributed by atoms with Crippen molar-refractivity contribution in [2.75, 3.05) is 0 Å². The number of carbonyl (C=O) groups is 2. The van der Waals surface area contributed by atoms with Crippen LogP contribution in [0.1, 0.15) is 31.8 Å². The summed E-state index contributed by atoms with van der Waals surface area (Å²) in [7, 11) is -3.67. The number of nitrogens with one attached hydrogen (secondary N) is 1. The zero-order valence-corrected chi connectivity index (χ0v) is 19.9. The van der Waals surface area contributed by atoms with Crippen molar-refractivity contribution >= 4 is 38.5 Å². The third-order valence-electron chi connectivity index (χ3n) is 4.99. The largest absolute Gasteiger partial charge is 0.360 e. The molecule has 1 N–H and O–H groups in total. The van der Waals surface area contributed by atoms with E-state index in [4.69, 9.17) is 0 Å². The van der Waals surface area contributed by atoms with Crippen LogP contribution in [0.25, 0.3) is 11.3 Å². The zero-order chi connectivity index (χ0) is 23.3. The number of hydrogen-bond donors (Lipinski definition) is 1. The highest BCUT2D eigenvalue weighted by Gasteiger charge is 2.21. The first-order chi connectivity index (χ1) is 15.3. The number of rotatable bonds is 5. The Labute approximate surface area is 195 Å². The van der Waals surface area contributed by atoms with Gasteiger partial charge in [-0.2, -0.15) is 0 Å². The molecule has 164 valence electrons. The minimum absolute atomic E-state index is 0.179. The minimum Gasteiger partial charge on any atom is -0.360 e. The average Bonchev–Trinajstić information content (AvgIpc) is 3.34. The normalized spacial score (nSPS) is 10.8. The van der Waals surface area contributed by atoms with Crippen LogP contribution in [-0.4, -0.2) is 29.9 Å². The molecule has 0 spiro atoms. The van der Waals surface area contributed by atoms with Gasteiger partial charge in [0.15, 0.2) is 12.6 Å². The van der Waals surface area contributed by atoms with Gasteiger partial charge in [0.25, 0.3) is 10.0 Å². The zero-order valence-electron chi connectivity index (χ0n) is 17.4. The lowest BCUT2D eigenvalue weighted by molar-refractivity contribution is 0.111. The maximum absolute atomic E-state index is 12.4. The number of aldehydes is 2. The van der Waals surface area contributed by atoms with Gasteiger partial charge in [-0.25, -0.2) is 12.4 Å². The van der Waals surface area contributed by atoms with E-state index in [1.807, 2.05) is 37.3 Å². The molecule has 0 bridgehead atoms. The third-order valence-corrected chi connectivity index (χ3v) is 7.87. The van der Waals surface area contributed by atoms with Crippen LogP contribution in [0.15, 0.2) is 82.6 Å². The fraction of sp³-hybridized carbons (Fsp3) is 0.0833. The fourth-order valence-electron chi connectivity index (χ4n) is 3.10. The lowest BCUT2D eigenvalue weighted by atomic mass is 10.1. The summed E-state index contributed by atoms with van der Waals surface area (Å²) in [6.07, 6.45) is 4.56. The van der Waals surface area contributed by atoms with Crippen LogP contribution in [0.3, 0.4) is 0 Å². The molecule has 32 heavy (non-hydrogen) atoms. The molecule has 0 aliphatic carbocycles. The van der Waals surface area contributed by atoms with Gasteiger partial charge in [0, 0.05) is 29.2 Å². The van der Waals surface area contributed by atoms with E-state index >= 15 is 0 Å². The predicted octanol–water partition coefficient (Wildman–Crippen LogP) is 5.41. The lowest BCUT2D eigenvalue weighted by Crippen LogP contribution is -2.12. The molecule has 0 amide bonds. The number of carbonyl (C=O) groups excluding carboxylic acids is 2. The Morgan fingerprint density at radius 2 is 1.41 bits per heavy atom. The smallest absolute Gasteiger partial charge is 0.268 e. The molecule has 0 saturated heterocycles. The van der Waals surface area contributed by atoms with E-state index in [0.717, 1.165) is 32.6 Å². The number of aromatic nitrogens is 2. The molecular formula is C24H21BrN2O4S. The number of aromatic amines is 1. The summed E-state index contributed by atoms with van der Waals surface area (Å²) in [4.78, 5) is 24.8. The summed E-state index contributed by atoms with van der Waals surface area (Å²) in [5, 5.41) is 0. The Kier molecular flexibility index (Phi) is 7.27. The van der Waals surface area contributed by atoms with Gasteiger partial charge < -0.3 is 4.98 Å². The number of benzene rings is 2. The van der Waals surface area contributed by atoms with E-state index < -0.39 is 10.0 Å². The first kappa shape index (κ1) is 23.4. The third kappa shape index (κ3) is 4.66. The van der Waals surface area contributed by atoms with Gasteiger partial charge in [-0.15, -0.1) is 0 Å². The molecule has 4 rings (SSSR count). The molecule has 0 aliphatic heterocycles. The van der Waals surface area contributed by atoms with Gasteiger partial charge in [-0.05, 0) is 58.6 Å². The molecule has 0 aliphatic rings. The average molecular weight is 513 g/mol. The van der Waals surface area contributed by atoms with Gasteiger partial charge >= 0.3 is 0 Å². The summed E-state index contributed by atoms with van der Waals surface area (Å²) >= 11 is 3.20. The number of hydrogen-bond acceptors (Lipinski definition) is 4. The summed E-state index contributed by atoms with van der Waals surface area (Å²) in [6.45, 7) is 3.63. The van der Waals surface area contributed by atoms with Crippen molar-refractivity contribution < 1.29 is 18.0 Å². The molecule has 6 nitrogen and oxygen atoms in total. The van der Waals surface area contributed by atoms with Gasteiger partial charge in [-0.3, -0.25) is 9.59 Å². The second kappa shape index (κ2) is 9.93. The molecule has 0 unspecified atom stereocenters. The lowest BCUT2D eigenvalue weighted by Gasteiger charge is -2.07. The number of H-pyrrole nitrogens is 1. The fourth-order valence-corrected chi connectivity index (χ4v) is 5.33. The van der Waals surface area contributed by atoms with Crippen LogP contribution < -0.4 is 0 Å². The van der Waals surface area contributed by atoms with Crippen molar-refractivity contribution in [2.45, 2.75) is 18.7 Å². The highest BCUT2D eigenvalue weighted by molar-refractivity contribution is 9.10. The highest BCUT2D eigenvalue weighted by Crippen LogP contribution is 2.26. The topological polar surface area (TPSA) is 89.0 Å². The summed E-state index contributed by atoms with van der Waals surface area (Å²) in [5.74, 6) is 0. The Morgan fingerprint density at radius 1 is 0.844 bits per heavy atom. The van der Waals surface area contributed by atoms with Crippen LogP contribution in [0.2, 0.25) is 0 Å². The van der Waals surface area contributed by atoms with E-state index in [2.05, 4.69) is 20.9 Å². The Hall–Kier alpha value is -3.23. The molecule has 4 aromatic rings. The first-order valence-corrected chi connectivity index (χ1v) is 11.9. The first-order valence-electron chi connectivity index (χ1n) is 9.63. The van der Waals surface area contributed by atoms with E-state index in [0.29, 0.717) is 22.0 Å². The molecule has 2 aromatic carbocycles. The molecule has 2 aromatic heterocycles. The van der Waals surface area contributed by atoms with Crippen LogP contribution in [0.5, 0.6) is 0 Å². The van der Waals surface area contributed by atoms with Gasteiger partial charge in [0.05, 0.1) is 4.90 Å². The quantitative estimate of drug-likeness (QED) is 0.362. The van der Waals surface area contributed by atoms with Gasteiger partial charge in [0.1, 0.15) is 4.60 Å². The van der Waals surface area contributed by atoms with Crippen molar-refractivity contribution in [3.05, 3.63) is 99.9 Å². The standard InChI is InChI=1S/C12H10BrNO3S.C12H11NO/c1-9-10(8-15)7-14(12(9)13)18(16,17)11-5-3-2-4-6-11;1-9-11(8-14)7-13-12(9)10-5-3-2-4-6-10/h2-8H,1H3;2-8,13H,1H3. The van der Waals surface area contributed by atoms with E-state index in [-0.39, 0.29) is 4.90 Å². The minimum atomic E-state index is -3.67. The number of nitrogens with zero attached hydrogens (tertiary/aromatic N) is 1. The van der Waals surface area contributed by atoms with E-state index in [1.54, 1.807) is 31.3 Å². The van der Waals surface area contributed by atoms with Crippen molar-refractivity contribution in [3.63, 3.8) is 0 Å². The summed E-state index contributed by atoms with van der Waals surface area (Å²) in [6, 6.07) is 18.0. The van der Waals surface area contributed by atoms with Crippen molar-refractivity contribution in [3.8, 4) is 11.3 Å². The summed E-state index contributed by atoms with van der Waals surface area (Å²) < 4.78 is 26.1. The molecule has 2 heterocycles. The van der Waals surface area contributed by atoms with Crippen molar-refractivity contribution in [1.82, 2.24) is 8.96 Å². The van der Waals surface area contributed by atoms with Crippen LogP contribution in [-0.2, 0) is 10.0 Å². The maximum Gasteiger partial charge on any atom is 0.268 e. The van der Waals surface area contributed by atoms with Crippen molar-refractivity contribution in [1.29, 1.82) is 0 Å². The van der Waals surface area contributed by atoms with Crippen LogP contribution in [0, 0.1) is 13.8 Å². The van der Waals surface area contributed by atoms with Gasteiger partial charge in [-0.1, -0.05) is 48.5 Å². The van der Waals surface area contributed by atoms with E-state index in [1.165, 1.54) is 18.3 Å². The molecule has 0 fully saturated rings. The second-order valence-corrected chi connectivity index (χ2v) is 9.53. The maximum atomic E-state index is 12.4. The Morgan fingerprint density at radius 3 is 1.91 bits per heavy atom. The predicted molar refractivity (Wildman–Crippen MR) is 128 cm³/mol. The van der Waals surface area contributed by atoms with Gasteiger partial charge in [0.2, 0.25) is 0 Å². The molecule has 0 radical (unpaired) electrons. The highest BCUT2D eigenvalue weighted by atomic mass is 79.9. The monoisotopic (exact) mass is 512 g/mol.